The Morgan fingerprint density at radius 2 is 1.96 bits per heavy atom. The first kappa shape index (κ1) is 19.6. The summed E-state index contributed by atoms with van der Waals surface area (Å²) in [5.41, 5.74) is -1.85. The molecular formula is C18H24F3NO3. The van der Waals surface area contributed by atoms with Crippen molar-refractivity contribution in [2.45, 2.75) is 51.8 Å². The average Bonchev–Trinajstić information content (AvgIpc) is 3.38. The van der Waals surface area contributed by atoms with Crippen LogP contribution < -0.4 is 10.1 Å². The van der Waals surface area contributed by atoms with Crippen molar-refractivity contribution in [3.63, 3.8) is 0 Å². The molecule has 7 heteroatoms. The first-order valence-corrected chi connectivity index (χ1v) is 8.51. The van der Waals surface area contributed by atoms with Crippen molar-refractivity contribution in [2.24, 2.45) is 5.92 Å². The molecule has 1 aliphatic rings. The highest BCUT2D eigenvalue weighted by Crippen LogP contribution is 2.43. The van der Waals surface area contributed by atoms with Crippen molar-refractivity contribution in [1.29, 1.82) is 0 Å². The van der Waals surface area contributed by atoms with Gasteiger partial charge in [-0.15, -0.1) is 0 Å². The Kier molecular flexibility index (Phi) is 5.98. The summed E-state index contributed by atoms with van der Waals surface area (Å²) in [6.07, 6.45) is -2.05. The average molecular weight is 359 g/mol. The molecule has 0 saturated heterocycles. The summed E-state index contributed by atoms with van der Waals surface area (Å²) < 4.78 is 50.4. The zero-order valence-corrected chi connectivity index (χ0v) is 14.7. The van der Waals surface area contributed by atoms with Crippen LogP contribution in [0.3, 0.4) is 0 Å². The summed E-state index contributed by atoms with van der Waals surface area (Å²) in [5, 5.41) is 2.58. The monoisotopic (exact) mass is 359 g/mol. The quantitative estimate of drug-likeness (QED) is 0.736. The molecule has 0 heterocycles. The van der Waals surface area contributed by atoms with Gasteiger partial charge in [0.1, 0.15) is 11.4 Å². The Bertz CT molecular complexity index is 614. The number of nitrogens with one attached hydrogen (secondary N) is 1. The summed E-state index contributed by atoms with van der Waals surface area (Å²) in [4.78, 5) is 12.6. The molecule has 1 atom stereocenters. The van der Waals surface area contributed by atoms with Gasteiger partial charge in [-0.1, -0.05) is 6.92 Å². The van der Waals surface area contributed by atoms with Gasteiger partial charge in [-0.25, -0.2) is 0 Å². The maximum absolute atomic E-state index is 13.2. The predicted octanol–water partition coefficient (Wildman–Crippen LogP) is 4.64. The third-order valence-corrected chi connectivity index (χ3v) is 4.26. The Morgan fingerprint density at radius 3 is 2.48 bits per heavy atom. The lowest BCUT2D eigenvalue weighted by Gasteiger charge is -2.29. The maximum atomic E-state index is 13.2. The molecule has 1 aromatic rings. The summed E-state index contributed by atoms with van der Waals surface area (Å²) in [6.45, 7) is 5.81. The Balaban J connectivity index is 2.22. The van der Waals surface area contributed by atoms with E-state index in [9.17, 15) is 18.0 Å². The molecule has 0 unspecified atom stereocenters. The van der Waals surface area contributed by atoms with E-state index in [4.69, 9.17) is 9.47 Å². The van der Waals surface area contributed by atoms with Crippen LogP contribution in [-0.4, -0.2) is 24.7 Å². The van der Waals surface area contributed by atoms with E-state index in [-0.39, 0.29) is 24.0 Å². The SMILES string of the molecule is CCCO[C@@](C)(C(=O)Nc1ccc(OCC)c(C(F)(F)F)c1)C1CC1. The second kappa shape index (κ2) is 7.64. The first-order valence-electron chi connectivity index (χ1n) is 8.51. The number of amides is 1. The highest BCUT2D eigenvalue weighted by molar-refractivity contribution is 5.97. The van der Waals surface area contributed by atoms with Crippen LogP contribution >= 0.6 is 0 Å². The van der Waals surface area contributed by atoms with Crippen LogP contribution in [0.1, 0.15) is 45.6 Å². The minimum atomic E-state index is -4.57. The normalized spacial score (nSPS) is 17.0. The maximum Gasteiger partial charge on any atom is 0.420 e. The molecule has 2 rings (SSSR count). The van der Waals surface area contributed by atoms with Gasteiger partial charge in [-0.3, -0.25) is 4.79 Å². The van der Waals surface area contributed by atoms with Crippen molar-refractivity contribution >= 4 is 11.6 Å². The number of ether oxygens (including phenoxy) is 2. The fourth-order valence-corrected chi connectivity index (χ4v) is 2.68. The molecule has 4 nitrogen and oxygen atoms in total. The Hall–Kier alpha value is -1.76. The molecule has 1 amide bonds. The number of alkyl halides is 3. The van der Waals surface area contributed by atoms with E-state index in [1.54, 1.807) is 13.8 Å². The van der Waals surface area contributed by atoms with Crippen molar-refractivity contribution in [1.82, 2.24) is 0 Å². The van der Waals surface area contributed by atoms with Crippen LogP contribution in [0.25, 0.3) is 0 Å². The van der Waals surface area contributed by atoms with Gasteiger partial charge in [-0.2, -0.15) is 13.2 Å². The Morgan fingerprint density at radius 1 is 1.28 bits per heavy atom. The summed E-state index contributed by atoms with van der Waals surface area (Å²) in [6, 6.07) is 3.53. The van der Waals surface area contributed by atoms with Crippen molar-refractivity contribution in [3.8, 4) is 5.75 Å². The first-order chi connectivity index (χ1) is 11.7. The van der Waals surface area contributed by atoms with Crippen LogP contribution in [0.15, 0.2) is 18.2 Å². The highest BCUT2D eigenvalue weighted by atomic mass is 19.4. The largest absolute Gasteiger partial charge is 0.493 e. The number of hydrogen-bond acceptors (Lipinski definition) is 3. The molecule has 0 radical (unpaired) electrons. The lowest BCUT2D eigenvalue weighted by Crippen LogP contribution is -2.45. The van der Waals surface area contributed by atoms with Gasteiger partial charge in [0.2, 0.25) is 0 Å². The summed E-state index contributed by atoms with van der Waals surface area (Å²) >= 11 is 0. The molecule has 0 aromatic heterocycles. The van der Waals surface area contributed by atoms with Crippen molar-refractivity contribution < 1.29 is 27.4 Å². The van der Waals surface area contributed by atoms with E-state index in [1.807, 2.05) is 6.92 Å². The van der Waals surface area contributed by atoms with Crippen molar-refractivity contribution in [3.05, 3.63) is 23.8 Å². The zero-order chi connectivity index (χ0) is 18.7. The Labute approximate surface area is 145 Å². The summed E-state index contributed by atoms with van der Waals surface area (Å²) in [7, 11) is 0. The molecule has 1 N–H and O–H groups in total. The predicted molar refractivity (Wildman–Crippen MR) is 88.6 cm³/mol. The lowest BCUT2D eigenvalue weighted by molar-refractivity contribution is -0.142. The topological polar surface area (TPSA) is 47.6 Å². The van der Waals surface area contributed by atoms with E-state index >= 15 is 0 Å². The highest BCUT2D eigenvalue weighted by Gasteiger charge is 2.48. The van der Waals surface area contributed by atoms with Gasteiger partial charge < -0.3 is 14.8 Å². The number of rotatable bonds is 8. The van der Waals surface area contributed by atoms with Crippen LogP contribution in [0.4, 0.5) is 18.9 Å². The van der Waals surface area contributed by atoms with Crippen LogP contribution in [0.5, 0.6) is 5.75 Å². The van der Waals surface area contributed by atoms with Gasteiger partial charge in [0, 0.05) is 12.3 Å². The second-order valence-electron chi connectivity index (χ2n) is 6.33. The van der Waals surface area contributed by atoms with E-state index in [1.165, 1.54) is 12.1 Å². The summed E-state index contributed by atoms with van der Waals surface area (Å²) in [5.74, 6) is -0.565. The van der Waals surface area contributed by atoms with Gasteiger partial charge >= 0.3 is 6.18 Å². The fourth-order valence-electron chi connectivity index (χ4n) is 2.68. The number of halogens is 3. The van der Waals surface area contributed by atoms with Crippen LogP contribution in [0.2, 0.25) is 0 Å². The minimum Gasteiger partial charge on any atom is -0.493 e. The van der Waals surface area contributed by atoms with Gasteiger partial charge in [0.25, 0.3) is 5.91 Å². The number of hydrogen-bond donors (Lipinski definition) is 1. The fraction of sp³-hybridized carbons (Fsp3) is 0.611. The molecule has 1 saturated carbocycles. The molecule has 1 aromatic carbocycles. The molecule has 0 spiro atoms. The van der Waals surface area contributed by atoms with Crippen LogP contribution in [0, 0.1) is 5.92 Å². The molecule has 1 aliphatic carbocycles. The van der Waals surface area contributed by atoms with E-state index in [2.05, 4.69) is 5.32 Å². The van der Waals surface area contributed by atoms with Gasteiger partial charge in [-0.05, 0) is 57.2 Å². The number of anilines is 1. The number of benzene rings is 1. The van der Waals surface area contributed by atoms with E-state index in [0.717, 1.165) is 25.3 Å². The smallest absolute Gasteiger partial charge is 0.420 e. The molecule has 1 fully saturated rings. The van der Waals surface area contributed by atoms with Gasteiger partial charge in [0.05, 0.1) is 12.2 Å². The lowest BCUT2D eigenvalue weighted by atomic mass is 9.98. The second-order valence-corrected chi connectivity index (χ2v) is 6.33. The number of carbonyl (C=O) groups is 1. The molecule has 0 bridgehead atoms. The molecule has 0 aliphatic heterocycles. The van der Waals surface area contributed by atoms with E-state index < -0.39 is 23.2 Å². The van der Waals surface area contributed by atoms with Crippen LogP contribution in [-0.2, 0) is 15.7 Å². The zero-order valence-electron chi connectivity index (χ0n) is 14.7. The minimum absolute atomic E-state index is 0.0766. The van der Waals surface area contributed by atoms with Crippen molar-refractivity contribution in [2.75, 3.05) is 18.5 Å². The standard InChI is InChI=1S/C18H24F3NO3/c1-4-10-25-17(3,12-6-7-12)16(23)22-13-8-9-15(24-5-2)14(11-13)18(19,20)21/h8-9,11-12H,4-7,10H2,1-3H3,(H,22,23)/t17-/m1/s1. The third kappa shape index (κ3) is 4.66. The number of carbonyl (C=O) groups excluding carboxylic acids is 1. The van der Waals surface area contributed by atoms with Gasteiger partial charge in [0.15, 0.2) is 0 Å². The third-order valence-electron chi connectivity index (χ3n) is 4.26. The molecule has 25 heavy (non-hydrogen) atoms. The molecule has 140 valence electrons. The molecular weight excluding hydrogens is 335 g/mol. The van der Waals surface area contributed by atoms with E-state index in [0.29, 0.717) is 6.61 Å².